The minimum atomic E-state index is -3.37. The highest BCUT2D eigenvalue weighted by atomic mass is 32.2. The Bertz CT molecular complexity index is 722. The molecule has 2 saturated carbocycles. The van der Waals surface area contributed by atoms with E-state index in [0.717, 1.165) is 31.2 Å². The summed E-state index contributed by atoms with van der Waals surface area (Å²) in [5.41, 5.74) is 0.185. The zero-order valence-electron chi connectivity index (χ0n) is 13.9. The third-order valence-electron chi connectivity index (χ3n) is 4.55. The van der Waals surface area contributed by atoms with Gasteiger partial charge in [-0.2, -0.15) is 0 Å². The van der Waals surface area contributed by atoms with Gasteiger partial charge in [0.25, 0.3) is 0 Å². The van der Waals surface area contributed by atoms with Gasteiger partial charge in [-0.3, -0.25) is 0 Å². The third kappa shape index (κ3) is 4.36. The fourth-order valence-electron chi connectivity index (χ4n) is 2.72. The first-order valence-corrected chi connectivity index (χ1v) is 10.1. The van der Waals surface area contributed by atoms with Crippen LogP contribution in [0.5, 0.6) is 5.75 Å². The molecule has 0 aliphatic heterocycles. The van der Waals surface area contributed by atoms with Crippen molar-refractivity contribution in [1.82, 2.24) is 4.72 Å². The molecule has 132 valence electrons. The molecule has 0 heterocycles. The molecule has 0 spiro atoms. The topological polar surface area (TPSA) is 55.4 Å². The molecule has 3 rings (SSSR count). The van der Waals surface area contributed by atoms with Crippen LogP contribution in [0.15, 0.2) is 30.4 Å². The highest BCUT2D eigenvalue weighted by Crippen LogP contribution is 2.47. The molecule has 2 aliphatic carbocycles. The zero-order valence-corrected chi connectivity index (χ0v) is 14.7. The van der Waals surface area contributed by atoms with Crippen molar-refractivity contribution >= 4 is 10.0 Å². The number of rotatable bonds is 9. The van der Waals surface area contributed by atoms with Crippen molar-refractivity contribution in [3.8, 4) is 5.75 Å². The normalized spacial score (nSPS) is 19.6. The lowest BCUT2D eigenvalue weighted by molar-refractivity contribution is 0.284. The van der Waals surface area contributed by atoms with Gasteiger partial charge in [0.15, 0.2) is 11.6 Å². The Balaban J connectivity index is 1.71. The maximum atomic E-state index is 13.9. The number of allylic oxidation sites excluding steroid dienone is 2. The molecular weight excluding hydrogens is 329 g/mol. The van der Waals surface area contributed by atoms with Crippen LogP contribution >= 0.6 is 0 Å². The van der Waals surface area contributed by atoms with Crippen molar-refractivity contribution in [2.75, 3.05) is 12.4 Å². The highest BCUT2D eigenvalue weighted by molar-refractivity contribution is 7.89. The molecule has 0 aromatic heterocycles. The number of nitrogens with one attached hydrogen (secondary N) is 1. The molecular formula is C18H24FNO3S. The Morgan fingerprint density at radius 3 is 2.75 bits per heavy atom. The molecule has 1 aromatic carbocycles. The Morgan fingerprint density at radius 1 is 1.38 bits per heavy atom. The van der Waals surface area contributed by atoms with Crippen molar-refractivity contribution < 1.29 is 17.5 Å². The first-order valence-electron chi connectivity index (χ1n) is 8.50. The summed E-state index contributed by atoms with van der Waals surface area (Å²) >= 11 is 0. The molecule has 6 heteroatoms. The first-order chi connectivity index (χ1) is 11.4. The van der Waals surface area contributed by atoms with Crippen LogP contribution in [-0.4, -0.2) is 20.8 Å². The number of ether oxygens (including phenoxy) is 1. The summed E-state index contributed by atoms with van der Waals surface area (Å²) < 4.78 is 46.8. The van der Waals surface area contributed by atoms with Crippen molar-refractivity contribution in [2.24, 2.45) is 5.92 Å². The van der Waals surface area contributed by atoms with Gasteiger partial charge in [0.1, 0.15) is 0 Å². The lowest BCUT2D eigenvalue weighted by atomic mass is 10.1. The molecule has 4 nitrogen and oxygen atoms in total. The molecule has 0 unspecified atom stereocenters. The van der Waals surface area contributed by atoms with Gasteiger partial charge in [-0.05, 0) is 62.6 Å². The summed E-state index contributed by atoms with van der Waals surface area (Å²) in [7, 11) is -3.37. The van der Waals surface area contributed by atoms with Gasteiger partial charge in [0.2, 0.25) is 10.0 Å². The number of hydrogen-bond donors (Lipinski definition) is 1. The van der Waals surface area contributed by atoms with Crippen molar-refractivity contribution in [3.63, 3.8) is 0 Å². The van der Waals surface area contributed by atoms with Crippen LogP contribution < -0.4 is 9.46 Å². The predicted molar refractivity (Wildman–Crippen MR) is 91.9 cm³/mol. The predicted octanol–water partition coefficient (Wildman–Crippen LogP) is 3.49. The van der Waals surface area contributed by atoms with Gasteiger partial charge in [-0.1, -0.05) is 18.2 Å². The maximum absolute atomic E-state index is 13.9. The summed E-state index contributed by atoms with van der Waals surface area (Å²) in [6, 6.07) is 4.67. The molecule has 0 radical (unpaired) electrons. The van der Waals surface area contributed by atoms with Crippen LogP contribution in [0.1, 0.15) is 44.6 Å². The average molecular weight is 353 g/mol. The van der Waals surface area contributed by atoms with E-state index in [2.05, 4.69) is 4.72 Å². The lowest BCUT2D eigenvalue weighted by Gasteiger charge is -2.19. The van der Waals surface area contributed by atoms with Crippen molar-refractivity contribution in [3.05, 3.63) is 41.7 Å². The molecule has 24 heavy (non-hydrogen) atoms. The number of hydrogen-bond acceptors (Lipinski definition) is 3. The van der Waals surface area contributed by atoms with E-state index < -0.39 is 21.4 Å². The SMILES string of the molecule is C/C=C/CCS(=O)(=O)NC1(c2ccc(F)c(OCC3CC3)c2)CC1. The summed E-state index contributed by atoms with van der Waals surface area (Å²) in [6.45, 7) is 2.40. The summed E-state index contributed by atoms with van der Waals surface area (Å²) in [6.07, 6.45) is 7.88. The fraction of sp³-hybridized carbons (Fsp3) is 0.556. The lowest BCUT2D eigenvalue weighted by Crippen LogP contribution is -2.36. The molecule has 0 atom stereocenters. The standard InChI is InChI=1S/C18H24FNO3S/c1-2-3-4-11-24(21,22)20-18(9-10-18)15-7-8-16(19)17(12-15)23-13-14-5-6-14/h2-3,7-8,12,14,20H,4-6,9-11,13H2,1H3/b3-2+. The molecule has 1 aromatic rings. The molecule has 0 amide bonds. The molecule has 2 fully saturated rings. The van der Waals surface area contributed by atoms with Crippen LogP contribution in [0.4, 0.5) is 4.39 Å². The van der Waals surface area contributed by atoms with Gasteiger partial charge in [0.05, 0.1) is 17.9 Å². The summed E-state index contributed by atoms with van der Waals surface area (Å²) in [4.78, 5) is 0. The largest absolute Gasteiger partial charge is 0.490 e. The quantitative estimate of drug-likeness (QED) is 0.692. The van der Waals surface area contributed by atoms with E-state index in [1.165, 1.54) is 6.07 Å². The maximum Gasteiger partial charge on any atom is 0.212 e. The van der Waals surface area contributed by atoms with Gasteiger partial charge in [-0.25, -0.2) is 17.5 Å². The van der Waals surface area contributed by atoms with Crippen molar-refractivity contribution in [1.29, 1.82) is 0 Å². The van der Waals surface area contributed by atoms with Crippen LogP contribution in [0, 0.1) is 11.7 Å². The first kappa shape index (κ1) is 17.4. The van der Waals surface area contributed by atoms with E-state index >= 15 is 0 Å². The third-order valence-corrected chi connectivity index (χ3v) is 6.02. The monoisotopic (exact) mass is 353 g/mol. The Kier molecular flexibility index (Phi) is 4.97. The number of benzene rings is 1. The molecule has 0 saturated heterocycles. The van der Waals surface area contributed by atoms with Crippen LogP contribution in [0.25, 0.3) is 0 Å². The van der Waals surface area contributed by atoms with E-state index in [-0.39, 0.29) is 11.5 Å². The Morgan fingerprint density at radius 2 is 2.12 bits per heavy atom. The molecule has 1 N–H and O–H groups in total. The van der Waals surface area contributed by atoms with Crippen LogP contribution in [0.3, 0.4) is 0 Å². The average Bonchev–Trinajstić information content (AvgIpc) is 3.42. The van der Waals surface area contributed by atoms with Crippen molar-refractivity contribution in [2.45, 2.75) is 44.6 Å². The van der Waals surface area contributed by atoms with Crippen LogP contribution in [-0.2, 0) is 15.6 Å². The molecule has 2 aliphatic rings. The summed E-state index contributed by atoms with van der Waals surface area (Å²) in [5.74, 6) is 0.420. The minimum absolute atomic E-state index is 0.0608. The van der Waals surface area contributed by atoms with E-state index in [1.807, 2.05) is 19.1 Å². The van der Waals surface area contributed by atoms with E-state index in [4.69, 9.17) is 4.74 Å². The minimum Gasteiger partial charge on any atom is -0.490 e. The van der Waals surface area contributed by atoms with Gasteiger partial charge in [-0.15, -0.1) is 0 Å². The second-order valence-electron chi connectivity index (χ2n) is 6.76. The Hall–Kier alpha value is -1.40. The number of sulfonamides is 1. The van der Waals surface area contributed by atoms with Crippen LogP contribution in [0.2, 0.25) is 0 Å². The second kappa shape index (κ2) is 6.84. The highest BCUT2D eigenvalue weighted by Gasteiger charge is 2.47. The van der Waals surface area contributed by atoms with E-state index in [0.29, 0.717) is 18.9 Å². The smallest absolute Gasteiger partial charge is 0.212 e. The zero-order chi connectivity index (χ0) is 17.2. The number of halogens is 1. The Labute approximate surface area is 143 Å². The van der Waals surface area contributed by atoms with Gasteiger partial charge >= 0.3 is 0 Å². The van der Waals surface area contributed by atoms with Gasteiger partial charge in [0, 0.05) is 0 Å². The van der Waals surface area contributed by atoms with E-state index in [1.54, 1.807) is 12.1 Å². The fourth-order valence-corrected chi connectivity index (χ4v) is 4.18. The molecule has 0 bridgehead atoms. The van der Waals surface area contributed by atoms with E-state index in [9.17, 15) is 12.8 Å². The van der Waals surface area contributed by atoms with Gasteiger partial charge < -0.3 is 4.74 Å². The second-order valence-corrected chi connectivity index (χ2v) is 8.60. The summed E-state index contributed by atoms with van der Waals surface area (Å²) in [5, 5.41) is 0.